The van der Waals surface area contributed by atoms with Crippen molar-refractivity contribution in [2.45, 2.75) is 51.1 Å². The minimum absolute atomic E-state index is 0.159. The van der Waals surface area contributed by atoms with Crippen molar-refractivity contribution < 1.29 is 9.53 Å². The van der Waals surface area contributed by atoms with Crippen LogP contribution in [-0.4, -0.2) is 50.2 Å². The van der Waals surface area contributed by atoms with E-state index in [0.29, 0.717) is 6.04 Å². The van der Waals surface area contributed by atoms with Crippen LogP contribution in [0.5, 0.6) is 0 Å². The lowest BCUT2D eigenvalue weighted by atomic mass is 9.97. The summed E-state index contributed by atoms with van der Waals surface area (Å²) in [5, 5.41) is 3.05. The number of esters is 1. The summed E-state index contributed by atoms with van der Waals surface area (Å²) in [6.45, 7) is 4.11. The molecule has 2 unspecified atom stereocenters. The maximum atomic E-state index is 11.6. The molecule has 4 nitrogen and oxygen atoms in total. The number of piperidine rings is 1. The van der Waals surface area contributed by atoms with Gasteiger partial charge in [-0.25, -0.2) is 0 Å². The van der Waals surface area contributed by atoms with Gasteiger partial charge < -0.3 is 10.1 Å². The molecule has 1 aliphatic heterocycles. The van der Waals surface area contributed by atoms with E-state index in [4.69, 9.17) is 4.74 Å². The first-order valence-electron chi connectivity index (χ1n) is 6.72. The topological polar surface area (TPSA) is 41.6 Å². The number of methoxy groups -OCH3 is 1. The quantitative estimate of drug-likeness (QED) is 0.715. The third kappa shape index (κ3) is 4.28. The van der Waals surface area contributed by atoms with Gasteiger partial charge >= 0.3 is 5.97 Å². The fraction of sp³-hybridized carbons (Fsp3) is 0.923. The number of hydrogen-bond acceptors (Lipinski definition) is 4. The summed E-state index contributed by atoms with van der Waals surface area (Å²) < 4.78 is 4.81. The fourth-order valence-corrected chi connectivity index (χ4v) is 2.62. The summed E-state index contributed by atoms with van der Waals surface area (Å²) in [4.78, 5) is 14.0. The van der Waals surface area contributed by atoms with Gasteiger partial charge in [-0.15, -0.1) is 0 Å². The molecular formula is C13H26N2O2. The Kier molecular flexibility index (Phi) is 6.52. The Bertz CT molecular complexity index is 231. The summed E-state index contributed by atoms with van der Waals surface area (Å²) >= 11 is 0. The number of ether oxygens (including phenoxy) is 1. The number of likely N-dealkylation sites (tertiary alicyclic amines) is 1. The van der Waals surface area contributed by atoms with Crippen LogP contribution in [0.15, 0.2) is 0 Å². The predicted octanol–water partition coefficient (Wildman–Crippen LogP) is 1.40. The van der Waals surface area contributed by atoms with Gasteiger partial charge in [-0.05, 0) is 32.9 Å². The average molecular weight is 242 g/mol. The average Bonchev–Trinajstić information content (AvgIpc) is 2.37. The zero-order chi connectivity index (χ0) is 12.7. The molecule has 100 valence electrons. The van der Waals surface area contributed by atoms with E-state index in [0.717, 1.165) is 13.1 Å². The molecule has 1 N–H and O–H groups in total. The first-order valence-corrected chi connectivity index (χ1v) is 6.72. The van der Waals surface area contributed by atoms with Crippen molar-refractivity contribution in [3.63, 3.8) is 0 Å². The summed E-state index contributed by atoms with van der Waals surface area (Å²) in [6.07, 6.45) is 6.29. The second-order valence-electron chi connectivity index (χ2n) is 4.80. The molecule has 1 saturated heterocycles. The second kappa shape index (κ2) is 7.67. The Morgan fingerprint density at radius 3 is 2.88 bits per heavy atom. The van der Waals surface area contributed by atoms with Gasteiger partial charge in [-0.2, -0.15) is 0 Å². The monoisotopic (exact) mass is 242 g/mol. The number of carbonyl (C=O) groups excluding carboxylic acids is 1. The van der Waals surface area contributed by atoms with Gasteiger partial charge in [0.25, 0.3) is 0 Å². The standard InChI is InChI=1S/C13H26N2O2/c1-4-7-11-8-5-6-9-15(11)10-12(14-2)13(16)17-3/h11-12,14H,4-10H2,1-3H3. The molecule has 2 atom stereocenters. The van der Waals surface area contributed by atoms with Crippen LogP contribution in [0.4, 0.5) is 0 Å². The van der Waals surface area contributed by atoms with Gasteiger partial charge in [-0.3, -0.25) is 9.69 Å². The minimum atomic E-state index is -0.197. The normalized spacial score (nSPS) is 23.4. The van der Waals surface area contributed by atoms with Crippen molar-refractivity contribution in [1.82, 2.24) is 10.2 Å². The van der Waals surface area contributed by atoms with Crippen molar-refractivity contribution >= 4 is 5.97 Å². The van der Waals surface area contributed by atoms with E-state index < -0.39 is 0 Å². The Morgan fingerprint density at radius 2 is 2.29 bits per heavy atom. The minimum Gasteiger partial charge on any atom is -0.468 e. The summed E-state index contributed by atoms with van der Waals surface area (Å²) in [7, 11) is 3.27. The summed E-state index contributed by atoms with van der Waals surface area (Å²) in [5.74, 6) is -0.159. The van der Waals surface area contributed by atoms with Crippen LogP contribution in [0.2, 0.25) is 0 Å². The Hall–Kier alpha value is -0.610. The first-order chi connectivity index (χ1) is 8.22. The zero-order valence-corrected chi connectivity index (χ0v) is 11.4. The Labute approximate surface area is 105 Å². The van der Waals surface area contributed by atoms with Gasteiger partial charge in [0, 0.05) is 12.6 Å². The molecule has 1 heterocycles. The molecule has 0 amide bonds. The molecule has 0 spiro atoms. The maximum absolute atomic E-state index is 11.6. The first kappa shape index (κ1) is 14.5. The van der Waals surface area contributed by atoms with Crippen LogP contribution in [0.3, 0.4) is 0 Å². The smallest absolute Gasteiger partial charge is 0.324 e. The lowest BCUT2D eigenvalue weighted by molar-refractivity contribution is -0.143. The molecule has 0 radical (unpaired) electrons. The van der Waals surface area contributed by atoms with Crippen LogP contribution in [0, 0.1) is 0 Å². The molecule has 0 aromatic carbocycles. The van der Waals surface area contributed by atoms with Crippen molar-refractivity contribution in [1.29, 1.82) is 0 Å². The van der Waals surface area contributed by atoms with E-state index in [2.05, 4.69) is 17.1 Å². The number of nitrogens with zero attached hydrogens (tertiary/aromatic N) is 1. The van der Waals surface area contributed by atoms with Crippen LogP contribution in [-0.2, 0) is 9.53 Å². The van der Waals surface area contributed by atoms with Crippen LogP contribution < -0.4 is 5.32 Å². The van der Waals surface area contributed by atoms with E-state index in [1.807, 2.05) is 7.05 Å². The molecule has 0 aromatic rings. The van der Waals surface area contributed by atoms with Gasteiger partial charge in [0.05, 0.1) is 7.11 Å². The predicted molar refractivity (Wildman–Crippen MR) is 69.0 cm³/mol. The third-order valence-corrected chi connectivity index (χ3v) is 3.62. The van der Waals surface area contributed by atoms with Crippen LogP contribution >= 0.6 is 0 Å². The highest BCUT2D eigenvalue weighted by Gasteiger charge is 2.27. The zero-order valence-electron chi connectivity index (χ0n) is 11.4. The molecule has 1 fully saturated rings. The number of hydrogen-bond donors (Lipinski definition) is 1. The molecule has 0 bridgehead atoms. The van der Waals surface area contributed by atoms with Crippen molar-refractivity contribution in [3.8, 4) is 0 Å². The van der Waals surface area contributed by atoms with Crippen molar-refractivity contribution in [2.75, 3.05) is 27.2 Å². The number of likely N-dealkylation sites (N-methyl/N-ethyl adjacent to an activating group) is 1. The Balaban J connectivity index is 2.53. The molecule has 1 aliphatic rings. The van der Waals surface area contributed by atoms with E-state index in [1.54, 1.807) is 0 Å². The molecule has 1 rings (SSSR count). The molecule has 0 aromatic heterocycles. The fourth-order valence-electron chi connectivity index (χ4n) is 2.62. The van der Waals surface area contributed by atoms with E-state index in [-0.39, 0.29) is 12.0 Å². The van der Waals surface area contributed by atoms with Gasteiger partial charge in [0.15, 0.2) is 0 Å². The van der Waals surface area contributed by atoms with Crippen LogP contribution in [0.1, 0.15) is 39.0 Å². The van der Waals surface area contributed by atoms with Crippen molar-refractivity contribution in [3.05, 3.63) is 0 Å². The number of rotatable bonds is 6. The molecule has 17 heavy (non-hydrogen) atoms. The Morgan fingerprint density at radius 1 is 1.53 bits per heavy atom. The highest BCUT2D eigenvalue weighted by Crippen LogP contribution is 2.20. The summed E-state index contributed by atoms with van der Waals surface area (Å²) in [6, 6.07) is 0.451. The largest absolute Gasteiger partial charge is 0.468 e. The SMILES string of the molecule is CCCC1CCCCN1CC(NC)C(=O)OC. The summed E-state index contributed by atoms with van der Waals surface area (Å²) in [5.41, 5.74) is 0. The van der Waals surface area contributed by atoms with Gasteiger partial charge in [0.2, 0.25) is 0 Å². The second-order valence-corrected chi connectivity index (χ2v) is 4.80. The van der Waals surface area contributed by atoms with Crippen molar-refractivity contribution in [2.24, 2.45) is 0 Å². The lowest BCUT2D eigenvalue weighted by Gasteiger charge is -2.37. The van der Waals surface area contributed by atoms with E-state index >= 15 is 0 Å². The maximum Gasteiger partial charge on any atom is 0.324 e. The number of nitrogens with one attached hydrogen (secondary N) is 1. The third-order valence-electron chi connectivity index (χ3n) is 3.62. The highest BCUT2D eigenvalue weighted by atomic mass is 16.5. The number of carbonyl (C=O) groups is 1. The van der Waals surface area contributed by atoms with Gasteiger partial charge in [-0.1, -0.05) is 19.8 Å². The molecular weight excluding hydrogens is 216 g/mol. The lowest BCUT2D eigenvalue weighted by Crippen LogP contribution is -2.50. The van der Waals surface area contributed by atoms with E-state index in [1.165, 1.54) is 39.2 Å². The van der Waals surface area contributed by atoms with E-state index in [9.17, 15) is 4.79 Å². The molecule has 0 saturated carbocycles. The highest BCUT2D eigenvalue weighted by molar-refractivity contribution is 5.75. The van der Waals surface area contributed by atoms with Gasteiger partial charge in [0.1, 0.15) is 6.04 Å². The van der Waals surface area contributed by atoms with Crippen LogP contribution in [0.25, 0.3) is 0 Å². The molecule has 0 aliphatic carbocycles. The molecule has 4 heteroatoms.